The van der Waals surface area contributed by atoms with E-state index < -0.39 is 45.4 Å². The molecule has 1 unspecified atom stereocenters. The number of nitrogens with two attached hydrogens (primary N) is 1. The van der Waals surface area contributed by atoms with Gasteiger partial charge in [-0.25, -0.2) is 12.8 Å². The Morgan fingerprint density at radius 3 is 2.60 bits per heavy atom. The number of carbonyl (C=O) groups excluding carboxylic acids is 1. The molecule has 1 aliphatic rings. The highest BCUT2D eigenvalue weighted by Crippen LogP contribution is 2.37. The van der Waals surface area contributed by atoms with E-state index in [1.54, 1.807) is 31.2 Å². The number of aliphatic hydroxyl groups is 1. The van der Waals surface area contributed by atoms with Crippen LogP contribution in [0.25, 0.3) is 11.5 Å². The molecule has 2 atom stereocenters. The number of sulfone groups is 1. The average Bonchev–Trinajstić information content (AvgIpc) is 3.31. The maximum absolute atomic E-state index is 15.2. The molecule has 2 heterocycles. The molecule has 2 aromatic carbocycles. The van der Waals surface area contributed by atoms with Crippen molar-refractivity contribution in [3.05, 3.63) is 58.7 Å². The first-order chi connectivity index (χ1) is 16.5. The van der Waals surface area contributed by atoms with Gasteiger partial charge in [0.15, 0.2) is 9.84 Å². The van der Waals surface area contributed by atoms with Gasteiger partial charge in [-0.05, 0) is 36.8 Å². The number of hydrogen-bond donors (Lipinski definition) is 2. The maximum Gasteiger partial charge on any atom is 0.250 e. The van der Waals surface area contributed by atoms with Crippen molar-refractivity contribution in [1.29, 1.82) is 0 Å². The van der Waals surface area contributed by atoms with E-state index in [4.69, 9.17) is 33.4 Å². The van der Waals surface area contributed by atoms with E-state index in [-0.39, 0.29) is 40.4 Å². The average molecular weight is 543 g/mol. The molecule has 13 heteroatoms. The van der Waals surface area contributed by atoms with Crippen LogP contribution in [0.3, 0.4) is 0 Å². The summed E-state index contributed by atoms with van der Waals surface area (Å²) in [6.07, 6.45) is 0. The van der Waals surface area contributed by atoms with Gasteiger partial charge >= 0.3 is 0 Å². The fourth-order valence-electron chi connectivity index (χ4n) is 3.56. The molecule has 1 amide bonds. The molecule has 0 bridgehead atoms. The van der Waals surface area contributed by atoms with Crippen molar-refractivity contribution < 1.29 is 27.1 Å². The summed E-state index contributed by atoms with van der Waals surface area (Å²) in [6, 6.07) is 7.24. The lowest BCUT2D eigenvalue weighted by atomic mass is 9.95. The van der Waals surface area contributed by atoms with E-state index in [2.05, 4.69) is 10.2 Å². The Labute approximate surface area is 210 Å². The van der Waals surface area contributed by atoms with E-state index in [9.17, 15) is 18.3 Å². The molecule has 1 aliphatic heterocycles. The molecular weight excluding hydrogens is 522 g/mol. The second-order valence-electron chi connectivity index (χ2n) is 8.50. The molecule has 0 fully saturated rings. The Hall–Kier alpha value is -2.57. The summed E-state index contributed by atoms with van der Waals surface area (Å²) < 4.78 is 46.7. The van der Waals surface area contributed by atoms with Gasteiger partial charge in [0.2, 0.25) is 11.8 Å². The number of aromatic nitrogens is 2. The summed E-state index contributed by atoms with van der Waals surface area (Å²) in [6.45, 7) is 1.15. The lowest BCUT2D eigenvalue weighted by Crippen LogP contribution is -2.45. The minimum absolute atomic E-state index is 0.0249. The molecular formula is C22H21Cl2FN4O5S. The SMILES string of the molecule is CC(CO)(CCl)c1nnc(-c2cc3c(cc2F)S(=O)(=O)C[C@H](N)C(=O)N3Cc2ccc(Cl)cc2)o1. The van der Waals surface area contributed by atoms with Crippen LogP contribution in [0, 0.1) is 5.82 Å². The van der Waals surface area contributed by atoms with Crippen molar-refractivity contribution in [3.8, 4) is 11.5 Å². The van der Waals surface area contributed by atoms with Crippen LogP contribution in [-0.2, 0) is 26.6 Å². The van der Waals surface area contributed by atoms with Gasteiger partial charge in [0.25, 0.3) is 5.89 Å². The van der Waals surface area contributed by atoms with Crippen molar-refractivity contribution in [2.24, 2.45) is 5.73 Å². The van der Waals surface area contributed by atoms with Crippen molar-refractivity contribution in [2.45, 2.75) is 29.8 Å². The molecule has 0 radical (unpaired) electrons. The van der Waals surface area contributed by atoms with Gasteiger partial charge in [-0.1, -0.05) is 23.7 Å². The molecule has 0 saturated heterocycles. The Morgan fingerprint density at radius 2 is 1.97 bits per heavy atom. The molecule has 4 rings (SSSR count). The van der Waals surface area contributed by atoms with Crippen LogP contribution in [0.15, 0.2) is 45.7 Å². The first kappa shape index (κ1) is 25.5. The standard InChI is InChI=1S/C22H21Cl2FN4O5S/c1-22(10-23,11-30)21-28-27-19(34-21)14-6-17-18(7-15(14)25)35(32,33)9-16(26)20(31)29(17)8-12-2-4-13(24)5-3-12/h2-7,16,30H,8-11,26H2,1H3/t16-,22?/m0/s1. The smallest absolute Gasteiger partial charge is 0.250 e. The van der Waals surface area contributed by atoms with Gasteiger partial charge < -0.3 is 20.2 Å². The highest BCUT2D eigenvalue weighted by Gasteiger charge is 2.38. The largest absolute Gasteiger partial charge is 0.420 e. The lowest BCUT2D eigenvalue weighted by molar-refractivity contribution is -0.119. The number of carbonyl (C=O) groups is 1. The lowest BCUT2D eigenvalue weighted by Gasteiger charge is -2.24. The fraction of sp³-hybridized carbons (Fsp3) is 0.318. The number of amides is 1. The summed E-state index contributed by atoms with van der Waals surface area (Å²) in [4.78, 5) is 13.9. The highest BCUT2D eigenvalue weighted by atomic mass is 35.5. The molecule has 9 nitrogen and oxygen atoms in total. The van der Waals surface area contributed by atoms with Crippen LogP contribution in [-0.4, -0.2) is 53.9 Å². The second-order valence-corrected chi connectivity index (χ2v) is 11.2. The minimum Gasteiger partial charge on any atom is -0.420 e. The zero-order chi connectivity index (χ0) is 25.5. The Morgan fingerprint density at radius 1 is 1.29 bits per heavy atom. The van der Waals surface area contributed by atoms with Crippen molar-refractivity contribution in [2.75, 3.05) is 23.1 Å². The number of alkyl halides is 1. The summed E-state index contributed by atoms with van der Waals surface area (Å²) in [5.74, 6) is -2.62. The number of nitrogens with zero attached hydrogens (tertiary/aromatic N) is 3. The number of hydrogen-bond acceptors (Lipinski definition) is 8. The van der Waals surface area contributed by atoms with E-state index >= 15 is 4.39 Å². The third kappa shape index (κ3) is 4.78. The highest BCUT2D eigenvalue weighted by molar-refractivity contribution is 7.91. The molecule has 1 aromatic heterocycles. The number of fused-ring (bicyclic) bond motifs is 1. The summed E-state index contributed by atoms with van der Waals surface area (Å²) in [5.41, 5.74) is 5.19. The van der Waals surface area contributed by atoms with E-state index in [0.717, 1.165) is 6.07 Å². The summed E-state index contributed by atoms with van der Waals surface area (Å²) >= 11 is 11.9. The number of benzene rings is 2. The molecule has 35 heavy (non-hydrogen) atoms. The molecule has 0 spiro atoms. The molecule has 3 N–H and O–H groups in total. The predicted octanol–water partition coefficient (Wildman–Crippen LogP) is 2.67. The summed E-state index contributed by atoms with van der Waals surface area (Å²) in [5, 5.41) is 17.9. The third-order valence-corrected chi connectivity index (χ3v) is 8.36. The van der Waals surface area contributed by atoms with Gasteiger partial charge in [-0.2, -0.15) is 0 Å². The van der Waals surface area contributed by atoms with Gasteiger partial charge in [0, 0.05) is 10.9 Å². The van der Waals surface area contributed by atoms with Gasteiger partial charge in [-0.3, -0.25) is 4.79 Å². The first-order valence-electron chi connectivity index (χ1n) is 10.4. The maximum atomic E-state index is 15.2. The second kappa shape index (κ2) is 9.47. The Bertz CT molecular complexity index is 1380. The van der Waals surface area contributed by atoms with Crippen LogP contribution in [0.2, 0.25) is 5.02 Å². The van der Waals surface area contributed by atoms with Crippen molar-refractivity contribution in [3.63, 3.8) is 0 Å². The molecule has 3 aromatic rings. The third-order valence-electron chi connectivity index (χ3n) is 5.73. The quantitative estimate of drug-likeness (QED) is 0.453. The van der Waals surface area contributed by atoms with E-state index in [1.165, 1.54) is 11.0 Å². The van der Waals surface area contributed by atoms with Crippen molar-refractivity contribution >= 4 is 44.6 Å². The first-order valence-corrected chi connectivity index (χ1v) is 12.9. The predicted molar refractivity (Wildman–Crippen MR) is 128 cm³/mol. The normalized spacial score (nSPS) is 19.2. The molecule has 0 aliphatic carbocycles. The monoisotopic (exact) mass is 542 g/mol. The van der Waals surface area contributed by atoms with Gasteiger partial charge in [0.1, 0.15) is 5.82 Å². The van der Waals surface area contributed by atoms with Crippen LogP contribution >= 0.6 is 23.2 Å². The number of aliphatic hydroxyl groups excluding tert-OH is 1. The fourth-order valence-corrected chi connectivity index (χ4v) is 5.45. The Balaban J connectivity index is 1.87. The van der Waals surface area contributed by atoms with Crippen LogP contribution in [0.1, 0.15) is 18.4 Å². The zero-order valence-corrected chi connectivity index (χ0v) is 20.7. The number of halogens is 3. The van der Waals surface area contributed by atoms with E-state index in [0.29, 0.717) is 10.6 Å². The Kier molecular flexibility index (Phi) is 6.91. The molecule has 0 saturated carbocycles. The van der Waals surface area contributed by atoms with Crippen LogP contribution < -0.4 is 10.6 Å². The van der Waals surface area contributed by atoms with Gasteiger partial charge in [-0.15, -0.1) is 21.8 Å². The van der Waals surface area contributed by atoms with Crippen molar-refractivity contribution in [1.82, 2.24) is 10.2 Å². The van der Waals surface area contributed by atoms with Crippen LogP contribution in [0.5, 0.6) is 0 Å². The number of anilines is 1. The summed E-state index contributed by atoms with van der Waals surface area (Å²) in [7, 11) is -4.11. The van der Waals surface area contributed by atoms with Gasteiger partial charge in [0.05, 0.1) is 46.5 Å². The molecule has 186 valence electrons. The minimum atomic E-state index is -4.11. The number of rotatable bonds is 6. The van der Waals surface area contributed by atoms with Crippen LogP contribution in [0.4, 0.5) is 10.1 Å². The topological polar surface area (TPSA) is 140 Å². The van der Waals surface area contributed by atoms with E-state index in [1.807, 2.05) is 0 Å². The zero-order valence-electron chi connectivity index (χ0n) is 18.4.